The number of hydrogen-bond donors (Lipinski definition) is 4. The number of aromatic nitrogens is 4. The van der Waals surface area contributed by atoms with Crippen molar-refractivity contribution in [3.8, 4) is 5.75 Å². The van der Waals surface area contributed by atoms with Gasteiger partial charge in [0.25, 0.3) is 5.91 Å². The Hall–Kier alpha value is -3.16. The molecule has 1 amide bonds. The number of imidazole rings is 1. The third kappa shape index (κ3) is 2.21. The van der Waals surface area contributed by atoms with Gasteiger partial charge in [0, 0.05) is 5.56 Å². The highest BCUT2D eigenvalue weighted by Crippen LogP contribution is 2.13. The van der Waals surface area contributed by atoms with Gasteiger partial charge in [-0.15, -0.1) is 0 Å². The summed E-state index contributed by atoms with van der Waals surface area (Å²) in [4.78, 5) is 26.7. The number of aromatic amines is 1. The van der Waals surface area contributed by atoms with E-state index in [1.54, 1.807) is 0 Å². The number of aromatic hydroxyl groups is 1. The first-order chi connectivity index (χ1) is 9.74. The second-order valence-corrected chi connectivity index (χ2v) is 3.95. The van der Waals surface area contributed by atoms with E-state index < -0.39 is 0 Å². The van der Waals surface area contributed by atoms with Crippen molar-refractivity contribution in [2.45, 2.75) is 0 Å². The van der Waals surface area contributed by atoms with Gasteiger partial charge in [0.05, 0.1) is 6.33 Å². The van der Waals surface area contributed by atoms with Crippen molar-refractivity contribution in [3.63, 3.8) is 0 Å². The minimum Gasteiger partial charge on any atom is -0.508 e. The molecule has 2 aromatic heterocycles. The third-order valence-corrected chi connectivity index (χ3v) is 2.65. The van der Waals surface area contributed by atoms with Crippen molar-refractivity contribution in [1.82, 2.24) is 25.4 Å². The van der Waals surface area contributed by atoms with Gasteiger partial charge in [0.1, 0.15) is 17.6 Å². The Morgan fingerprint density at radius 2 is 1.95 bits per heavy atom. The number of nitrogens with one attached hydrogen (secondary N) is 3. The number of phenolic OH excluding ortho intramolecular Hbond substituents is 1. The number of phenols is 1. The normalized spacial score (nSPS) is 10.4. The van der Waals surface area contributed by atoms with E-state index in [0.29, 0.717) is 22.5 Å². The van der Waals surface area contributed by atoms with Crippen LogP contribution in [0.4, 0.5) is 5.82 Å². The van der Waals surface area contributed by atoms with Gasteiger partial charge in [0.2, 0.25) is 0 Å². The van der Waals surface area contributed by atoms with Crippen LogP contribution in [0.25, 0.3) is 11.2 Å². The van der Waals surface area contributed by atoms with E-state index in [9.17, 15) is 4.79 Å². The van der Waals surface area contributed by atoms with Gasteiger partial charge < -0.3 is 10.1 Å². The molecular weight excluding hydrogens is 260 g/mol. The predicted molar refractivity (Wildman–Crippen MR) is 70.9 cm³/mol. The Morgan fingerprint density at radius 3 is 2.75 bits per heavy atom. The van der Waals surface area contributed by atoms with Gasteiger partial charge in [-0.1, -0.05) is 0 Å². The van der Waals surface area contributed by atoms with Crippen LogP contribution in [-0.2, 0) is 0 Å². The molecule has 0 aliphatic carbocycles. The van der Waals surface area contributed by atoms with Crippen LogP contribution >= 0.6 is 0 Å². The standard InChI is InChI=1S/C12H10N6O2/c19-8-3-1-7(2-4-8)12(20)18-17-11-9-10(14-5-13-9)15-6-16-11/h1-6,19H,(H,18,20)(H2,13,14,15,16,17). The SMILES string of the molecule is O=C(NNc1ncnc2nc[nH]c12)c1ccc(O)cc1. The molecule has 0 saturated heterocycles. The molecule has 1 aromatic carbocycles. The first-order valence-corrected chi connectivity index (χ1v) is 5.73. The lowest BCUT2D eigenvalue weighted by Gasteiger charge is -2.07. The van der Waals surface area contributed by atoms with Crippen LogP contribution in [0.3, 0.4) is 0 Å². The molecular formula is C12H10N6O2. The van der Waals surface area contributed by atoms with E-state index in [-0.39, 0.29) is 11.7 Å². The smallest absolute Gasteiger partial charge is 0.269 e. The number of hydrazine groups is 1. The molecule has 0 aliphatic heterocycles. The fourth-order valence-electron chi connectivity index (χ4n) is 1.66. The van der Waals surface area contributed by atoms with Gasteiger partial charge in [-0.2, -0.15) is 0 Å². The van der Waals surface area contributed by atoms with Crippen molar-refractivity contribution < 1.29 is 9.90 Å². The first-order valence-electron chi connectivity index (χ1n) is 5.73. The van der Waals surface area contributed by atoms with E-state index >= 15 is 0 Å². The zero-order chi connectivity index (χ0) is 13.9. The van der Waals surface area contributed by atoms with Crippen molar-refractivity contribution in [3.05, 3.63) is 42.5 Å². The summed E-state index contributed by atoms with van der Waals surface area (Å²) in [7, 11) is 0. The number of hydrogen-bond acceptors (Lipinski definition) is 6. The number of amides is 1. The zero-order valence-electron chi connectivity index (χ0n) is 10.2. The summed E-state index contributed by atoms with van der Waals surface area (Å²) >= 11 is 0. The Bertz CT molecular complexity index is 752. The average Bonchev–Trinajstić information content (AvgIpc) is 2.94. The largest absolute Gasteiger partial charge is 0.508 e. The molecule has 0 atom stereocenters. The average molecular weight is 270 g/mol. The minimum absolute atomic E-state index is 0.101. The molecule has 20 heavy (non-hydrogen) atoms. The number of fused-ring (bicyclic) bond motifs is 1. The van der Waals surface area contributed by atoms with Crippen LogP contribution in [-0.4, -0.2) is 30.9 Å². The molecule has 2 heterocycles. The molecule has 4 N–H and O–H groups in total. The summed E-state index contributed by atoms with van der Waals surface area (Å²) in [5.41, 5.74) is 6.71. The van der Waals surface area contributed by atoms with E-state index in [1.165, 1.54) is 36.9 Å². The van der Waals surface area contributed by atoms with Crippen LogP contribution in [0.5, 0.6) is 5.75 Å². The lowest BCUT2D eigenvalue weighted by molar-refractivity contribution is 0.0962. The fourth-order valence-corrected chi connectivity index (χ4v) is 1.66. The molecule has 0 fully saturated rings. The molecule has 3 rings (SSSR count). The van der Waals surface area contributed by atoms with Crippen molar-refractivity contribution in [1.29, 1.82) is 0 Å². The van der Waals surface area contributed by atoms with Gasteiger partial charge in [0.15, 0.2) is 11.5 Å². The first kappa shape index (κ1) is 11.9. The molecule has 8 nitrogen and oxygen atoms in total. The van der Waals surface area contributed by atoms with E-state index in [2.05, 4.69) is 30.8 Å². The van der Waals surface area contributed by atoms with Gasteiger partial charge in [-0.05, 0) is 24.3 Å². The monoisotopic (exact) mass is 270 g/mol. The maximum absolute atomic E-state index is 11.9. The summed E-state index contributed by atoms with van der Waals surface area (Å²) in [5.74, 6) is 0.167. The van der Waals surface area contributed by atoms with E-state index in [0.717, 1.165) is 0 Å². The topological polar surface area (TPSA) is 116 Å². The molecule has 8 heteroatoms. The highest BCUT2D eigenvalue weighted by Gasteiger charge is 2.08. The van der Waals surface area contributed by atoms with Crippen LogP contribution in [0.15, 0.2) is 36.9 Å². The predicted octanol–water partition coefficient (Wildman–Crippen LogP) is 0.815. The Kier molecular flexibility index (Phi) is 2.88. The van der Waals surface area contributed by atoms with Gasteiger partial charge in [-0.3, -0.25) is 15.6 Å². The van der Waals surface area contributed by atoms with Crippen LogP contribution in [0.1, 0.15) is 10.4 Å². The zero-order valence-corrected chi connectivity index (χ0v) is 10.2. The number of anilines is 1. The lowest BCUT2D eigenvalue weighted by Crippen LogP contribution is -2.29. The van der Waals surface area contributed by atoms with Gasteiger partial charge >= 0.3 is 0 Å². The molecule has 0 bridgehead atoms. The molecule has 0 unspecified atom stereocenters. The highest BCUT2D eigenvalue weighted by atomic mass is 16.3. The number of carbonyl (C=O) groups excluding carboxylic acids is 1. The lowest BCUT2D eigenvalue weighted by atomic mass is 10.2. The summed E-state index contributed by atoms with van der Waals surface area (Å²) < 4.78 is 0. The number of carbonyl (C=O) groups is 1. The number of H-pyrrole nitrogens is 1. The fraction of sp³-hybridized carbons (Fsp3) is 0. The molecule has 3 aromatic rings. The van der Waals surface area contributed by atoms with E-state index in [4.69, 9.17) is 5.11 Å². The molecule has 0 spiro atoms. The number of nitrogens with zero attached hydrogens (tertiary/aromatic N) is 3. The minimum atomic E-state index is -0.351. The van der Waals surface area contributed by atoms with E-state index in [1.807, 2.05) is 0 Å². The maximum Gasteiger partial charge on any atom is 0.269 e. The Balaban J connectivity index is 1.74. The number of rotatable bonds is 3. The summed E-state index contributed by atoms with van der Waals surface area (Å²) in [6.07, 6.45) is 2.84. The van der Waals surface area contributed by atoms with Gasteiger partial charge in [-0.25, -0.2) is 15.0 Å². The molecule has 0 aliphatic rings. The second kappa shape index (κ2) is 4.84. The Labute approximate surface area is 112 Å². The van der Waals surface area contributed by atoms with Crippen molar-refractivity contribution >= 4 is 22.9 Å². The van der Waals surface area contributed by atoms with Crippen LogP contribution in [0, 0.1) is 0 Å². The molecule has 100 valence electrons. The number of benzene rings is 1. The quantitative estimate of drug-likeness (QED) is 0.523. The molecule has 0 radical (unpaired) electrons. The Morgan fingerprint density at radius 1 is 1.15 bits per heavy atom. The summed E-state index contributed by atoms with van der Waals surface area (Å²) in [5, 5.41) is 9.17. The van der Waals surface area contributed by atoms with Crippen LogP contribution in [0.2, 0.25) is 0 Å². The second-order valence-electron chi connectivity index (χ2n) is 3.95. The summed E-state index contributed by atoms with van der Waals surface area (Å²) in [6.45, 7) is 0. The highest BCUT2D eigenvalue weighted by molar-refractivity contribution is 5.95. The maximum atomic E-state index is 11.9. The van der Waals surface area contributed by atoms with Crippen molar-refractivity contribution in [2.75, 3.05) is 5.43 Å². The van der Waals surface area contributed by atoms with Crippen molar-refractivity contribution in [2.24, 2.45) is 0 Å². The molecule has 0 saturated carbocycles. The third-order valence-electron chi connectivity index (χ3n) is 2.65. The van der Waals surface area contributed by atoms with Crippen LogP contribution < -0.4 is 10.9 Å². The summed E-state index contributed by atoms with van der Waals surface area (Å²) in [6, 6.07) is 5.90.